The van der Waals surface area contributed by atoms with Crippen LogP contribution in [0.2, 0.25) is 0 Å². The van der Waals surface area contributed by atoms with Gasteiger partial charge < -0.3 is 9.13 Å². The Hall–Kier alpha value is -2.10. The van der Waals surface area contributed by atoms with Gasteiger partial charge in [-0.25, -0.2) is 13.4 Å². The summed E-state index contributed by atoms with van der Waals surface area (Å²) in [7, 11) is -1.65. The summed E-state index contributed by atoms with van der Waals surface area (Å²) in [4.78, 5) is 17.5. The van der Waals surface area contributed by atoms with E-state index in [0.29, 0.717) is 30.8 Å². The fraction of sp³-hybridized carbons (Fsp3) is 0.429. The number of imidazole rings is 1. The van der Waals surface area contributed by atoms with Crippen LogP contribution in [-0.2, 0) is 23.6 Å². The van der Waals surface area contributed by atoms with Gasteiger partial charge in [0, 0.05) is 32.9 Å². The Kier molecular flexibility index (Phi) is 6.04. The summed E-state index contributed by atoms with van der Waals surface area (Å²) >= 11 is 1.38. The predicted molar refractivity (Wildman–Crippen MR) is 118 cm³/mol. The molecule has 1 fully saturated rings. The molecule has 0 unspecified atom stereocenters. The minimum Gasteiger partial charge on any atom is -0.348 e. The number of aryl methyl sites for hydroxylation is 2. The van der Waals surface area contributed by atoms with Crippen molar-refractivity contribution in [3.63, 3.8) is 0 Å². The van der Waals surface area contributed by atoms with E-state index in [9.17, 15) is 13.2 Å². The number of sulfonamides is 1. The summed E-state index contributed by atoms with van der Waals surface area (Å²) in [6.07, 6.45) is 4.74. The molecule has 30 heavy (non-hydrogen) atoms. The molecule has 1 aromatic carbocycles. The summed E-state index contributed by atoms with van der Waals surface area (Å²) in [6, 6.07) is 8.82. The highest BCUT2D eigenvalue weighted by Crippen LogP contribution is 2.28. The number of Topliss-reactive ketones (excluding diaryl/α,β-unsaturated/α-hetero) is 1. The van der Waals surface area contributed by atoms with Crippen molar-refractivity contribution in [2.24, 2.45) is 7.05 Å². The van der Waals surface area contributed by atoms with Crippen molar-refractivity contribution < 1.29 is 13.2 Å². The molecule has 0 N–H and O–H groups in total. The first-order chi connectivity index (χ1) is 14.4. The van der Waals surface area contributed by atoms with Gasteiger partial charge in [-0.3, -0.25) is 4.79 Å². The van der Waals surface area contributed by atoms with Gasteiger partial charge in [-0.1, -0.05) is 18.2 Å². The second-order valence-electron chi connectivity index (χ2n) is 7.47. The first-order valence-corrected chi connectivity index (χ1v) is 12.6. The maximum absolute atomic E-state index is 13.0. The molecule has 0 amide bonds. The lowest BCUT2D eigenvalue weighted by molar-refractivity contribution is 0.101. The maximum Gasteiger partial charge on any atom is 0.243 e. The molecule has 4 rings (SSSR count). The summed E-state index contributed by atoms with van der Waals surface area (Å²) in [5, 5.41) is 0.725. The average molecular weight is 447 g/mol. The number of piperidine rings is 1. The van der Waals surface area contributed by atoms with Crippen molar-refractivity contribution in [3.8, 4) is 0 Å². The highest BCUT2D eigenvalue weighted by molar-refractivity contribution is 7.99. The zero-order valence-electron chi connectivity index (χ0n) is 17.2. The summed E-state index contributed by atoms with van der Waals surface area (Å²) in [5.74, 6) is 0.315. The van der Waals surface area contributed by atoms with Crippen LogP contribution in [-0.4, -0.2) is 51.5 Å². The predicted octanol–water partition coefficient (Wildman–Crippen LogP) is 3.54. The molecule has 0 spiro atoms. The average Bonchev–Trinajstić information content (AvgIpc) is 3.34. The Morgan fingerprint density at radius 2 is 1.93 bits per heavy atom. The third-order valence-electron chi connectivity index (χ3n) is 5.52. The Balaban J connectivity index is 1.60. The highest BCUT2D eigenvalue weighted by atomic mass is 32.2. The van der Waals surface area contributed by atoms with Crippen molar-refractivity contribution in [1.82, 2.24) is 18.4 Å². The fourth-order valence-corrected chi connectivity index (χ4v) is 6.36. The molecule has 2 aromatic heterocycles. The van der Waals surface area contributed by atoms with E-state index < -0.39 is 10.0 Å². The second-order valence-corrected chi connectivity index (χ2v) is 10.4. The van der Waals surface area contributed by atoms with E-state index in [1.54, 1.807) is 16.4 Å². The number of carbonyl (C=O) groups excluding carboxylic acids is 1. The molecular formula is C21H26N4O3S2. The van der Waals surface area contributed by atoms with Gasteiger partial charge in [-0.05, 0) is 50.1 Å². The number of hydrogen-bond acceptors (Lipinski definition) is 5. The number of rotatable bonds is 7. The van der Waals surface area contributed by atoms with Crippen molar-refractivity contribution in [3.05, 3.63) is 42.2 Å². The van der Waals surface area contributed by atoms with Gasteiger partial charge in [0.05, 0.1) is 27.4 Å². The van der Waals surface area contributed by atoms with Crippen molar-refractivity contribution in [2.75, 3.05) is 18.8 Å². The molecule has 0 atom stereocenters. The molecule has 9 heteroatoms. The smallest absolute Gasteiger partial charge is 0.243 e. The van der Waals surface area contributed by atoms with Crippen LogP contribution in [0.4, 0.5) is 0 Å². The van der Waals surface area contributed by atoms with Crippen molar-refractivity contribution >= 4 is 38.6 Å². The molecule has 160 valence electrons. The Labute approximate surface area is 181 Å². The van der Waals surface area contributed by atoms with Crippen LogP contribution < -0.4 is 0 Å². The standard InChI is InChI=1S/C21H26N4O3S2/c1-3-25-18-10-9-16(30(27,28)24-12-5-4-6-13-24)14-17(18)22-21(25)29-15-20(26)19-8-7-11-23(19)2/h7-11,14H,3-6,12-13,15H2,1-2H3. The van der Waals surface area contributed by atoms with E-state index in [-0.39, 0.29) is 16.4 Å². The quantitative estimate of drug-likeness (QED) is 0.410. The number of benzene rings is 1. The molecule has 7 nitrogen and oxygen atoms in total. The Bertz CT molecular complexity index is 1170. The minimum absolute atomic E-state index is 0.0376. The van der Waals surface area contributed by atoms with Crippen LogP contribution in [0.3, 0.4) is 0 Å². The molecular weight excluding hydrogens is 420 g/mol. The Morgan fingerprint density at radius 1 is 1.17 bits per heavy atom. The van der Waals surface area contributed by atoms with Gasteiger partial charge in [0.2, 0.25) is 10.0 Å². The first kappa shape index (κ1) is 21.1. The zero-order chi connectivity index (χ0) is 21.3. The number of carbonyl (C=O) groups is 1. The van der Waals surface area contributed by atoms with E-state index >= 15 is 0 Å². The molecule has 0 aliphatic carbocycles. The Morgan fingerprint density at radius 3 is 2.60 bits per heavy atom. The van der Waals surface area contributed by atoms with Gasteiger partial charge in [-0.2, -0.15) is 4.31 Å². The molecule has 0 saturated carbocycles. The van der Waals surface area contributed by atoms with Crippen LogP contribution >= 0.6 is 11.8 Å². The molecule has 1 aliphatic heterocycles. The van der Waals surface area contributed by atoms with E-state index in [2.05, 4.69) is 4.98 Å². The number of hydrogen-bond donors (Lipinski definition) is 0. The third kappa shape index (κ3) is 3.93. The van der Waals surface area contributed by atoms with Gasteiger partial charge in [0.15, 0.2) is 10.9 Å². The summed E-state index contributed by atoms with van der Waals surface area (Å²) in [6.45, 7) is 3.86. The maximum atomic E-state index is 13.0. The molecule has 3 heterocycles. The molecule has 1 aliphatic rings. The second kappa shape index (κ2) is 8.56. The lowest BCUT2D eigenvalue weighted by atomic mass is 10.2. The fourth-order valence-electron chi connectivity index (χ4n) is 3.87. The molecule has 3 aromatic rings. The number of fused-ring (bicyclic) bond motifs is 1. The monoisotopic (exact) mass is 446 g/mol. The van der Waals surface area contributed by atoms with Gasteiger partial charge >= 0.3 is 0 Å². The molecule has 0 radical (unpaired) electrons. The van der Waals surface area contributed by atoms with E-state index in [1.165, 1.54) is 11.8 Å². The first-order valence-electron chi connectivity index (χ1n) is 10.2. The molecule has 0 bridgehead atoms. The molecule has 1 saturated heterocycles. The minimum atomic E-state index is -3.50. The highest BCUT2D eigenvalue weighted by Gasteiger charge is 2.26. The lowest BCUT2D eigenvalue weighted by Crippen LogP contribution is -2.35. The lowest BCUT2D eigenvalue weighted by Gasteiger charge is -2.25. The van der Waals surface area contributed by atoms with Crippen LogP contribution in [0.5, 0.6) is 0 Å². The topological polar surface area (TPSA) is 77.2 Å². The van der Waals surface area contributed by atoms with Crippen molar-refractivity contribution in [2.45, 2.75) is 42.8 Å². The number of nitrogens with zero attached hydrogens (tertiary/aromatic N) is 4. The largest absolute Gasteiger partial charge is 0.348 e. The van der Waals surface area contributed by atoms with E-state index in [1.807, 2.05) is 47.5 Å². The van der Waals surface area contributed by atoms with Gasteiger partial charge in [0.25, 0.3) is 0 Å². The normalized spacial score (nSPS) is 15.7. The third-order valence-corrected chi connectivity index (χ3v) is 8.39. The summed E-state index contributed by atoms with van der Waals surface area (Å²) < 4.78 is 31.4. The van der Waals surface area contributed by atoms with Crippen LogP contribution in [0.15, 0.2) is 46.6 Å². The number of ketones is 1. The van der Waals surface area contributed by atoms with E-state index in [0.717, 1.165) is 29.9 Å². The van der Waals surface area contributed by atoms with Gasteiger partial charge in [-0.15, -0.1) is 0 Å². The number of aromatic nitrogens is 3. The summed E-state index contributed by atoms with van der Waals surface area (Å²) in [5.41, 5.74) is 2.18. The zero-order valence-corrected chi connectivity index (χ0v) is 18.9. The van der Waals surface area contributed by atoms with Crippen molar-refractivity contribution in [1.29, 1.82) is 0 Å². The number of thioether (sulfide) groups is 1. The van der Waals surface area contributed by atoms with Gasteiger partial charge in [0.1, 0.15) is 0 Å². The van der Waals surface area contributed by atoms with Crippen LogP contribution in [0.25, 0.3) is 11.0 Å². The van der Waals surface area contributed by atoms with E-state index in [4.69, 9.17) is 0 Å². The SMILES string of the molecule is CCn1c(SCC(=O)c2cccn2C)nc2cc(S(=O)(=O)N3CCCCC3)ccc21. The van der Waals surface area contributed by atoms with Crippen LogP contribution in [0.1, 0.15) is 36.7 Å². The van der Waals surface area contributed by atoms with Crippen LogP contribution in [0, 0.1) is 0 Å².